The zero-order valence-corrected chi connectivity index (χ0v) is 17.9. The molecule has 0 radical (unpaired) electrons. The van der Waals surface area contributed by atoms with Gasteiger partial charge in [-0.25, -0.2) is 4.99 Å². The highest BCUT2D eigenvalue weighted by Crippen LogP contribution is 2.30. The summed E-state index contributed by atoms with van der Waals surface area (Å²) in [5.74, 6) is 0.295. The number of nitrogens with zero attached hydrogens (tertiary/aromatic N) is 3. The summed E-state index contributed by atoms with van der Waals surface area (Å²) in [5, 5.41) is 12.9. The molecule has 152 valence electrons. The molecular weight excluding hydrogens is 436 g/mol. The van der Waals surface area contributed by atoms with Crippen LogP contribution in [0.25, 0.3) is 0 Å². The molecule has 7 nitrogen and oxygen atoms in total. The standard InChI is InChI=1S/C21H23BrN4O3/c1-13(27)12-24-21-18(8-9-19(28)29-2)25-20(17-5-3-4-10-23-17)15-11-14(22)6-7-16(15)26-21/h3-7,10-11,13,18,27H,8-9,12H2,1-2H3,(H,24,26)/t13-,18?/m0/s1. The Balaban J connectivity index is 2.09. The molecular formula is C21H23BrN4O3. The number of rotatable bonds is 6. The predicted octanol–water partition coefficient (Wildman–Crippen LogP) is 3.02. The first kappa shape index (κ1) is 21.1. The number of halogens is 1. The summed E-state index contributed by atoms with van der Waals surface area (Å²) in [4.78, 5) is 25.9. The molecule has 0 saturated carbocycles. The number of aliphatic imine (C=N–C) groups is 2. The van der Waals surface area contributed by atoms with Crippen molar-refractivity contribution in [2.24, 2.45) is 9.98 Å². The molecule has 0 fully saturated rings. The number of benzene rings is 1. The second-order valence-electron chi connectivity index (χ2n) is 6.71. The number of esters is 1. The normalized spacial score (nSPS) is 16.8. The summed E-state index contributed by atoms with van der Waals surface area (Å²) in [7, 11) is 1.37. The molecule has 1 aliphatic heterocycles. The number of ether oxygens (including phenoxy) is 1. The van der Waals surface area contributed by atoms with Crippen molar-refractivity contribution >= 4 is 39.1 Å². The van der Waals surface area contributed by atoms with Gasteiger partial charge in [0.05, 0.1) is 30.3 Å². The fraction of sp³-hybridized carbons (Fsp3) is 0.333. The second kappa shape index (κ2) is 9.76. The van der Waals surface area contributed by atoms with Crippen LogP contribution >= 0.6 is 15.9 Å². The first-order chi connectivity index (χ1) is 14.0. The molecule has 1 aromatic carbocycles. The minimum Gasteiger partial charge on any atom is -0.469 e. The van der Waals surface area contributed by atoms with Crippen molar-refractivity contribution in [3.8, 4) is 0 Å². The van der Waals surface area contributed by atoms with Gasteiger partial charge in [-0.1, -0.05) is 22.0 Å². The lowest BCUT2D eigenvalue weighted by Crippen LogP contribution is -2.38. The third-order valence-corrected chi connectivity index (χ3v) is 4.88. The third kappa shape index (κ3) is 5.48. The second-order valence-corrected chi connectivity index (χ2v) is 7.63. The van der Waals surface area contributed by atoms with Crippen molar-refractivity contribution in [2.45, 2.75) is 31.9 Å². The molecule has 0 spiro atoms. The number of hydrogen-bond acceptors (Lipinski definition) is 7. The van der Waals surface area contributed by atoms with Crippen LogP contribution in [-0.2, 0) is 9.53 Å². The van der Waals surface area contributed by atoms with E-state index in [1.807, 2.05) is 36.4 Å². The highest BCUT2D eigenvalue weighted by molar-refractivity contribution is 9.10. The molecule has 0 saturated heterocycles. The van der Waals surface area contributed by atoms with Crippen molar-refractivity contribution in [2.75, 3.05) is 13.7 Å². The van der Waals surface area contributed by atoms with Gasteiger partial charge >= 0.3 is 5.97 Å². The van der Waals surface area contributed by atoms with Crippen molar-refractivity contribution < 1.29 is 14.6 Å². The molecule has 1 aromatic heterocycles. The first-order valence-electron chi connectivity index (χ1n) is 9.34. The summed E-state index contributed by atoms with van der Waals surface area (Å²) in [6.07, 6.45) is 1.79. The van der Waals surface area contributed by atoms with Gasteiger partial charge < -0.3 is 15.2 Å². The Morgan fingerprint density at radius 1 is 1.34 bits per heavy atom. The van der Waals surface area contributed by atoms with E-state index in [1.165, 1.54) is 7.11 Å². The number of aromatic nitrogens is 1. The van der Waals surface area contributed by atoms with Crippen molar-refractivity contribution in [3.63, 3.8) is 0 Å². The van der Waals surface area contributed by atoms with Gasteiger partial charge in [-0.3, -0.25) is 14.8 Å². The Bertz CT molecular complexity index is 929. The molecule has 0 aliphatic carbocycles. The monoisotopic (exact) mass is 458 g/mol. The maximum atomic E-state index is 11.7. The van der Waals surface area contributed by atoms with Gasteiger partial charge in [-0.2, -0.15) is 0 Å². The van der Waals surface area contributed by atoms with Crippen LogP contribution in [0.5, 0.6) is 0 Å². The lowest BCUT2D eigenvalue weighted by molar-refractivity contribution is -0.140. The molecule has 2 aromatic rings. The number of aliphatic hydroxyl groups excluding tert-OH is 1. The quantitative estimate of drug-likeness (QED) is 0.648. The molecule has 0 bridgehead atoms. The summed E-state index contributed by atoms with van der Waals surface area (Å²) in [5.41, 5.74) is 3.01. The molecule has 29 heavy (non-hydrogen) atoms. The summed E-state index contributed by atoms with van der Waals surface area (Å²) >= 11 is 3.52. The average Bonchev–Trinajstić information content (AvgIpc) is 2.87. The van der Waals surface area contributed by atoms with Gasteiger partial charge in [0.25, 0.3) is 0 Å². The fourth-order valence-electron chi connectivity index (χ4n) is 2.96. The van der Waals surface area contributed by atoms with Gasteiger partial charge in [0.1, 0.15) is 11.9 Å². The van der Waals surface area contributed by atoms with Gasteiger partial charge in [0.2, 0.25) is 0 Å². The van der Waals surface area contributed by atoms with E-state index < -0.39 is 12.1 Å². The Kier molecular flexibility index (Phi) is 7.11. The van der Waals surface area contributed by atoms with Crippen molar-refractivity contribution in [1.82, 2.24) is 10.3 Å². The molecule has 1 unspecified atom stereocenters. The minimum absolute atomic E-state index is 0.204. The van der Waals surface area contributed by atoms with E-state index in [1.54, 1.807) is 13.1 Å². The zero-order valence-electron chi connectivity index (χ0n) is 16.3. The average molecular weight is 459 g/mol. The number of aliphatic hydroxyl groups is 1. The molecule has 2 atom stereocenters. The van der Waals surface area contributed by atoms with Crippen LogP contribution in [0.4, 0.5) is 5.69 Å². The van der Waals surface area contributed by atoms with Crippen LogP contribution in [0.2, 0.25) is 0 Å². The van der Waals surface area contributed by atoms with Crippen LogP contribution in [0.3, 0.4) is 0 Å². The molecule has 3 rings (SSSR count). The SMILES string of the molecule is COC(=O)CCC1N=C(c2ccccn2)c2cc(Br)ccc2N=C1NC[C@H](C)O. The maximum Gasteiger partial charge on any atom is 0.305 e. The molecule has 1 aliphatic rings. The van der Waals surface area contributed by atoms with E-state index in [4.69, 9.17) is 14.7 Å². The molecule has 0 amide bonds. The van der Waals surface area contributed by atoms with Crippen LogP contribution in [0.15, 0.2) is 57.1 Å². The Morgan fingerprint density at radius 2 is 2.17 bits per heavy atom. The van der Waals surface area contributed by atoms with E-state index >= 15 is 0 Å². The lowest BCUT2D eigenvalue weighted by Gasteiger charge is -2.17. The van der Waals surface area contributed by atoms with Crippen LogP contribution < -0.4 is 5.32 Å². The number of carbonyl (C=O) groups is 1. The largest absolute Gasteiger partial charge is 0.469 e. The van der Waals surface area contributed by atoms with Gasteiger partial charge in [-0.15, -0.1) is 0 Å². The molecule has 8 heteroatoms. The molecule has 2 heterocycles. The minimum atomic E-state index is -0.550. The number of amidine groups is 1. The Morgan fingerprint density at radius 3 is 2.86 bits per heavy atom. The van der Waals surface area contributed by atoms with Crippen molar-refractivity contribution in [3.05, 3.63) is 58.3 Å². The lowest BCUT2D eigenvalue weighted by atomic mass is 10.0. The summed E-state index contributed by atoms with van der Waals surface area (Å²) in [6.45, 7) is 2.02. The number of methoxy groups -OCH3 is 1. The number of pyridine rings is 1. The highest BCUT2D eigenvalue weighted by Gasteiger charge is 2.25. The predicted molar refractivity (Wildman–Crippen MR) is 116 cm³/mol. The van der Waals surface area contributed by atoms with E-state index in [-0.39, 0.29) is 12.4 Å². The number of carbonyl (C=O) groups excluding carboxylic acids is 1. The maximum absolute atomic E-state index is 11.7. The van der Waals surface area contributed by atoms with Gasteiger partial charge in [0.15, 0.2) is 0 Å². The zero-order chi connectivity index (χ0) is 20.8. The van der Waals surface area contributed by atoms with E-state index in [2.05, 4.69) is 26.2 Å². The summed E-state index contributed by atoms with van der Waals surface area (Å²) < 4.78 is 5.69. The Hall–Kier alpha value is -2.58. The van der Waals surface area contributed by atoms with E-state index in [9.17, 15) is 9.90 Å². The van der Waals surface area contributed by atoms with Crippen LogP contribution in [0.1, 0.15) is 31.0 Å². The smallest absolute Gasteiger partial charge is 0.305 e. The first-order valence-corrected chi connectivity index (χ1v) is 10.1. The van der Waals surface area contributed by atoms with E-state index in [0.29, 0.717) is 24.5 Å². The molecule has 2 N–H and O–H groups in total. The third-order valence-electron chi connectivity index (χ3n) is 4.39. The number of hydrogen-bond donors (Lipinski definition) is 2. The summed E-state index contributed by atoms with van der Waals surface area (Å²) in [6, 6.07) is 11.0. The van der Waals surface area contributed by atoms with Crippen molar-refractivity contribution in [1.29, 1.82) is 0 Å². The highest BCUT2D eigenvalue weighted by atomic mass is 79.9. The topological polar surface area (TPSA) is 96.2 Å². The number of nitrogens with one attached hydrogen (secondary N) is 1. The number of fused-ring (bicyclic) bond motifs is 1. The van der Waals surface area contributed by atoms with Crippen LogP contribution in [0, 0.1) is 0 Å². The Labute approximate surface area is 178 Å². The van der Waals surface area contributed by atoms with Gasteiger partial charge in [-0.05, 0) is 43.7 Å². The van der Waals surface area contributed by atoms with E-state index in [0.717, 1.165) is 21.4 Å². The van der Waals surface area contributed by atoms with Crippen LogP contribution in [-0.4, -0.2) is 53.4 Å². The fourth-order valence-corrected chi connectivity index (χ4v) is 3.32. The van der Waals surface area contributed by atoms with Gasteiger partial charge in [0, 0.05) is 29.2 Å².